The summed E-state index contributed by atoms with van der Waals surface area (Å²) >= 11 is 11.3. The second-order valence-corrected chi connectivity index (χ2v) is 4.15. The van der Waals surface area contributed by atoms with Crippen LogP contribution in [0, 0.1) is 0 Å². The first-order valence-corrected chi connectivity index (χ1v) is 3.93. The summed E-state index contributed by atoms with van der Waals surface area (Å²) in [6.45, 7) is 0.922. The number of hydrogen-bond acceptors (Lipinski definition) is 0. The number of hydrogen-bond donors (Lipinski definition) is 0. The lowest BCUT2D eigenvalue weighted by Crippen LogP contribution is -2.40. The number of alkyl halides is 2. The first-order chi connectivity index (χ1) is 3.95. The summed E-state index contributed by atoms with van der Waals surface area (Å²) in [6.07, 6.45) is 0. The summed E-state index contributed by atoms with van der Waals surface area (Å²) in [4.78, 5) is 0. The molecule has 0 amide bonds. The maximum atomic E-state index is 5.80. The van der Waals surface area contributed by atoms with Gasteiger partial charge in [0.25, 0.3) is 0 Å². The van der Waals surface area contributed by atoms with Gasteiger partial charge in [-0.15, -0.1) is 23.2 Å². The van der Waals surface area contributed by atoms with Crippen LogP contribution in [0.15, 0.2) is 0 Å². The van der Waals surface area contributed by atoms with E-state index in [0.29, 0.717) is 5.88 Å². The van der Waals surface area contributed by atoms with Gasteiger partial charge in [-0.25, -0.2) is 0 Å². The molecule has 0 rings (SSSR count). The fraction of sp³-hybridized carbons (Fsp3) is 1.00. The highest BCUT2D eigenvalue weighted by Crippen LogP contribution is 2.03. The minimum absolute atomic E-state index is 0.103. The lowest BCUT2D eigenvalue weighted by molar-refractivity contribution is -0.869. The first kappa shape index (κ1) is 9.54. The summed E-state index contributed by atoms with van der Waals surface area (Å²) in [5.74, 6) is 0.539. The Morgan fingerprint density at radius 2 is 1.78 bits per heavy atom. The second-order valence-electron chi connectivity index (χ2n) is 3.22. The van der Waals surface area contributed by atoms with E-state index in [1.807, 2.05) is 0 Å². The van der Waals surface area contributed by atoms with E-state index in [9.17, 15) is 0 Å². The van der Waals surface area contributed by atoms with Crippen LogP contribution < -0.4 is 0 Å². The second kappa shape index (κ2) is 3.65. The lowest BCUT2D eigenvalue weighted by atomic mass is 10.4. The van der Waals surface area contributed by atoms with Crippen LogP contribution in [0.3, 0.4) is 0 Å². The molecule has 0 saturated heterocycles. The Kier molecular flexibility index (Phi) is 3.86. The predicted molar refractivity (Wildman–Crippen MR) is 43.3 cm³/mol. The molecule has 0 radical (unpaired) electrons. The quantitative estimate of drug-likeness (QED) is 0.446. The van der Waals surface area contributed by atoms with Crippen molar-refractivity contribution in [1.82, 2.24) is 0 Å². The molecule has 0 aromatic carbocycles. The third kappa shape index (κ3) is 6.42. The van der Waals surface area contributed by atoms with Gasteiger partial charge in [0.05, 0.1) is 33.1 Å². The van der Waals surface area contributed by atoms with Gasteiger partial charge in [-0.05, 0) is 0 Å². The van der Waals surface area contributed by atoms with E-state index >= 15 is 0 Å². The van der Waals surface area contributed by atoms with Crippen LogP contribution in [0.2, 0.25) is 0 Å². The van der Waals surface area contributed by atoms with Gasteiger partial charge in [0.2, 0.25) is 0 Å². The number of quaternary nitrogens is 1. The molecule has 56 valence electrons. The van der Waals surface area contributed by atoms with Gasteiger partial charge in [-0.1, -0.05) is 0 Å². The molecular formula is C6H14Cl2N+. The van der Waals surface area contributed by atoms with Crippen LogP contribution in [0.1, 0.15) is 0 Å². The number of halogens is 2. The Bertz CT molecular complexity index is 77.6. The Labute approximate surface area is 67.1 Å². The predicted octanol–water partition coefficient (Wildman–Crippen LogP) is 1.54. The van der Waals surface area contributed by atoms with Crippen molar-refractivity contribution in [3.63, 3.8) is 0 Å². The summed E-state index contributed by atoms with van der Waals surface area (Å²) in [6, 6.07) is 0. The van der Waals surface area contributed by atoms with Gasteiger partial charge in [0.15, 0.2) is 0 Å². The van der Waals surface area contributed by atoms with Crippen molar-refractivity contribution in [1.29, 1.82) is 0 Å². The topological polar surface area (TPSA) is 0 Å². The van der Waals surface area contributed by atoms with E-state index in [2.05, 4.69) is 21.1 Å². The molecule has 0 unspecified atom stereocenters. The van der Waals surface area contributed by atoms with Gasteiger partial charge in [0, 0.05) is 5.88 Å². The standard InChI is InChI=1S/C6H14Cl2N/c1-9(2,3)5-6(8)4-7/h6H,4-5H2,1-3H3/q+1/t6-/m0/s1. The maximum Gasteiger partial charge on any atom is 0.0960 e. The van der Waals surface area contributed by atoms with Crippen LogP contribution in [0.25, 0.3) is 0 Å². The molecule has 0 aromatic rings. The van der Waals surface area contributed by atoms with Crippen molar-refractivity contribution in [2.75, 3.05) is 33.6 Å². The van der Waals surface area contributed by atoms with E-state index in [0.717, 1.165) is 11.0 Å². The zero-order chi connectivity index (χ0) is 7.49. The average molecular weight is 171 g/mol. The van der Waals surface area contributed by atoms with Crippen molar-refractivity contribution in [2.24, 2.45) is 0 Å². The Morgan fingerprint density at radius 3 is 1.89 bits per heavy atom. The average Bonchev–Trinajstić information content (AvgIpc) is 1.62. The highest BCUT2D eigenvalue weighted by atomic mass is 35.5. The van der Waals surface area contributed by atoms with Crippen LogP contribution in [0.4, 0.5) is 0 Å². The first-order valence-electron chi connectivity index (χ1n) is 2.96. The van der Waals surface area contributed by atoms with Gasteiger partial charge in [0.1, 0.15) is 0 Å². The van der Waals surface area contributed by atoms with E-state index in [-0.39, 0.29) is 5.38 Å². The minimum Gasteiger partial charge on any atom is -0.330 e. The van der Waals surface area contributed by atoms with Crippen LogP contribution in [-0.2, 0) is 0 Å². The Balaban J connectivity index is 3.47. The molecule has 1 nitrogen and oxygen atoms in total. The molecule has 0 aromatic heterocycles. The van der Waals surface area contributed by atoms with Gasteiger partial charge in [-0.2, -0.15) is 0 Å². The molecule has 1 atom stereocenters. The molecule has 0 saturated carbocycles. The van der Waals surface area contributed by atoms with Gasteiger partial charge >= 0.3 is 0 Å². The fourth-order valence-corrected chi connectivity index (χ4v) is 1.15. The molecule has 0 N–H and O–H groups in total. The van der Waals surface area contributed by atoms with E-state index in [1.165, 1.54) is 0 Å². The molecule has 0 heterocycles. The van der Waals surface area contributed by atoms with Crippen molar-refractivity contribution in [3.8, 4) is 0 Å². The third-order valence-electron chi connectivity index (χ3n) is 0.913. The molecule has 0 aliphatic carbocycles. The van der Waals surface area contributed by atoms with Crippen molar-refractivity contribution < 1.29 is 4.48 Å². The van der Waals surface area contributed by atoms with Gasteiger partial charge < -0.3 is 4.48 Å². The highest BCUT2D eigenvalue weighted by Gasteiger charge is 2.13. The fourth-order valence-electron chi connectivity index (χ4n) is 0.643. The SMILES string of the molecule is C[N+](C)(C)C[C@@H](Cl)CCl. The summed E-state index contributed by atoms with van der Waals surface area (Å²) in [5, 5.41) is 0.103. The summed E-state index contributed by atoms with van der Waals surface area (Å²) in [5.41, 5.74) is 0. The summed E-state index contributed by atoms with van der Waals surface area (Å²) < 4.78 is 0.876. The van der Waals surface area contributed by atoms with Crippen LogP contribution in [0.5, 0.6) is 0 Å². The Morgan fingerprint density at radius 1 is 1.33 bits per heavy atom. The largest absolute Gasteiger partial charge is 0.330 e. The maximum absolute atomic E-state index is 5.80. The molecule has 3 heteroatoms. The molecule has 9 heavy (non-hydrogen) atoms. The smallest absolute Gasteiger partial charge is 0.0960 e. The molecule has 0 fully saturated rings. The molecule has 0 bridgehead atoms. The normalized spacial score (nSPS) is 15.7. The van der Waals surface area contributed by atoms with Crippen molar-refractivity contribution in [2.45, 2.75) is 5.38 Å². The van der Waals surface area contributed by atoms with Crippen molar-refractivity contribution >= 4 is 23.2 Å². The lowest BCUT2D eigenvalue weighted by Gasteiger charge is -2.25. The molecule has 0 aliphatic rings. The molecular weight excluding hydrogens is 157 g/mol. The number of rotatable bonds is 3. The monoisotopic (exact) mass is 170 g/mol. The van der Waals surface area contributed by atoms with E-state index in [4.69, 9.17) is 23.2 Å². The minimum atomic E-state index is 0.103. The molecule has 0 aliphatic heterocycles. The number of nitrogens with zero attached hydrogens (tertiary/aromatic N) is 1. The van der Waals surface area contributed by atoms with Crippen LogP contribution in [-0.4, -0.2) is 43.4 Å². The highest BCUT2D eigenvalue weighted by molar-refractivity contribution is 6.28. The Hall–Kier alpha value is 0.540. The van der Waals surface area contributed by atoms with Crippen LogP contribution >= 0.6 is 23.2 Å². The zero-order valence-electron chi connectivity index (χ0n) is 6.19. The third-order valence-corrected chi connectivity index (χ3v) is 1.74. The van der Waals surface area contributed by atoms with E-state index in [1.54, 1.807) is 0 Å². The van der Waals surface area contributed by atoms with E-state index < -0.39 is 0 Å². The zero-order valence-corrected chi connectivity index (χ0v) is 7.71. The summed E-state index contributed by atoms with van der Waals surface area (Å²) in [7, 11) is 6.30. The van der Waals surface area contributed by atoms with Crippen molar-refractivity contribution in [3.05, 3.63) is 0 Å². The van der Waals surface area contributed by atoms with Gasteiger partial charge in [-0.3, -0.25) is 0 Å². The molecule has 0 spiro atoms.